The Morgan fingerprint density at radius 1 is 1.40 bits per heavy atom. The van der Waals surface area contributed by atoms with Crippen LogP contribution in [0.2, 0.25) is 5.02 Å². The number of amides is 2. The monoisotopic (exact) mass is 228 g/mol. The molecule has 15 heavy (non-hydrogen) atoms. The van der Waals surface area contributed by atoms with Gasteiger partial charge in [0.1, 0.15) is 0 Å². The molecular formula is C10H13ClN2O2. The van der Waals surface area contributed by atoms with Crippen molar-refractivity contribution in [2.45, 2.75) is 6.54 Å². The minimum absolute atomic E-state index is 0.0649. The molecule has 0 spiro atoms. The number of halogens is 1. The zero-order chi connectivity index (χ0) is 11.1. The van der Waals surface area contributed by atoms with Gasteiger partial charge in [-0.2, -0.15) is 0 Å². The first-order valence-electron chi connectivity index (χ1n) is 4.59. The van der Waals surface area contributed by atoms with Crippen molar-refractivity contribution in [1.82, 2.24) is 10.6 Å². The highest BCUT2D eigenvalue weighted by Crippen LogP contribution is 2.09. The molecule has 0 unspecified atom stereocenters. The van der Waals surface area contributed by atoms with E-state index < -0.39 is 0 Å². The lowest BCUT2D eigenvalue weighted by Crippen LogP contribution is -2.36. The summed E-state index contributed by atoms with van der Waals surface area (Å²) in [6.07, 6.45) is 0. The number of urea groups is 1. The zero-order valence-corrected chi connectivity index (χ0v) is 8.92. The fourth-order valence-electron chi connectivity index (χ4n) is 1.06. The number of aliphatic hydroxyl groups is 1. The van der Waals surface area contributed by atoms with Crippen molar-refractivity contribution in [2.24, 2.45) is 0 Å². The molecule has 5 heteroatoms. The van der Waals surface area contributed by atoms with Gasteiger partial charge in [0.2, 0.25) is 0 Å². The van der Waals surface area contributed by atoms with Crippen LogP contribution in [0.25, 0.3) is 0 Å². The van der Waals surface area contributed by atoms with Gasteiger partial charge in [-0.15, -0.1) is 0 Å². The molecule has 0 aliphatic heterocycles. The first-order chi connectivity index (χ1) is 7.22. The van der Waals surface area contributed by atoms with Crippen LogP contribution in [0.3, 0.4) is 0 Å². The second kappa shape index (κ2) is 6.27. The fraction of sp³-hybridized carbons (Fsp3) is 0.300. The highest BCUT2D eigenvalue weighted by atomic mass is 35.5. The standard InChI is InChI=1S/C10H13ClN2O2/c11-9-3-1-2-8(6-9)7-13-10(15)12-4-5-14/h1-3,6,14H,4-5,7H2,(H2,12,13,15). The maximum Gasteiger partial charge on any atom is 0.315 e. The third-order valence-electron chi connectivity index (χ3n) is 1.74. The van der Waals surface area contributed by atoms with Gasteiger partial charge in [0.15, 0.2) is 0 Å². The van der Waals surface area contributed by atoms with Crippen LogP contribution in [0.4, 0.5) is 4.79 Å². The minimum atomic E-state index is -0.302. The van der Waals surface area contributed by atoms with Gasteiger partial charge >= 0.3 is 6.03 Å². The second-order valence-corrected chi connectivity index (χ2v) is 3.40. The van der Waals surface area contributed by atoms with Crippen LogP contribution in [0.1, 0.15) is 5.56 Å². The average Bonchev–Trinajstić information content (AvgIpc) is 2.23. The molecule has 0 saturated carbocycles. The van der Waals surface area contributed by atoms with Gasteiger partial charge in [-0.1, -0.05) is 23.7 Å². The molecule has 4 nitrogen and oxygen atoms in total. The van der Waals surface area contributed by atoms with Crippen LogP contribution in [-0.4, -0.2) is 24.3 Å². The Labute approximate surface area is 93.2 Å². The van der Waals surface area contributed by atoms with E-state index in [2.05, 4.69) is 10.6 Å². The second-order valence-electron chi connectivity index (χ2n) is 2.96. The van der Waals surface area contributed by atoms with Crippen molar-refractivity contribution in [3.8, 4) is 0 Å². The van der Waals surface area contributed by atoms with Crippen LogP contribution in [0.5, 0.6) is 0 Å². The molecule has 0 bridgehead atoms. The molecule has 0 heterocycles. The quantitative estimate of drug-likeness (QED) is 0.724. The minimum Gasteiger partial charge on any atom is -0.395 e. The van der Waals surface area contributed by atoms with E-state index in [9.17, 15) is 4.79 Å². The van der Waals surface area contributed by atoms with E-state index in [1.807, 2.05) is 12.1 Å². The summed E-state index contributed by atoms with van der Waals surface area (Å²) in [7, 11) is 0. The molecule has 1 aromatic carbocycles. The molecule has 0 aliphatic carbocycles. The summed E-state index contributed by atoms with van der Waals surface area (Å²) in [6, 6.07) is 6.96. The maximum absolute atomic E-state index is 11.1. The average molecular weight is 229 g/mol. The van der Waals surface area contributed by atoms with E-state index in [1.165, 1.54) is 0 Å². The SMILES string of the molecule is O=C(NCCO)NCc1cccc(Cl)c1. The van der Waals surface area contributed by atoms with E-state index in [1.54, 1.807) is 12.1 Å². The van der Waals surface area contributed by atoms with Gasteiger partial charge in [0.05, 0.1) is 6.61 Å². The van der Waals surface area contributed by atoms with E-state index >= 15 is 0 Å². The number of carbonyl (C=O) groups excluding carboxylic acids is 1. The third-order valence-corrected chi connectivity index (χ3v) is 1.97. The summed E-state index contributed by atoms with van der Waals surface area (Å²) in [5, 5.41) is 14.2. The van der Waals surface area contributed by atoms with Crippen LogP contribution in [0.15, 0.2) is 24.3 Å². The molecule has 0 aromatic heterocycles. The van der Waals surface area contributed by atoms with Crippen molar-refractivity contribution in [3.05, 3.63) is 34.9 Å². The van der Waals surface area contributed by atoms with Crippen molar-refractivity contribution in [2.75, 3.05) is 13.2 Å². The van der Waals surface area contributed by atoms with Crippen molar-refractivity contribution in [3.63, 3.8) is 0 Å². The van der Waals surface area contributed by atoms with E-state index in [0.29, 0.717) is 11.6 Å². The Hall–Kier alpha value is -1.26. The Kier molecular flexibility index (Phi) is 4.93. The summed E-state index contributed by atoms with van der Waals surface area (Å²) in [4.78, 5) is 11.1. The van der Waals surface area contributed by atoms with Crippen LogP contribution < -0.4 is 10.6 Å². The number of nitrogens with one attached hydrogen (secondary N) is 2. The molecule has 2 amide bonds. The largest absolute Gasteiger partial charge is 0.395 e. The van der Waals surface area contributed by atoms with Gasteiger partial charge in [0.25, 0.3) is 0 Å². The Morgan fingerprint density at radius 2 is 2.20 bits per heavy atom. The zero-order valence-electron chi connectivity index (χ0n) is 8.16. The molecular weight excluding hydrogens is 216 g/mol. The van der Waals surface area contributed by atoms with Crippen LogP contribution in [0, 0.1) is 0 Å². The van der Waals surface area contributed by atoms with Gasteiger partial charge in [-0.05, 0) is 17.7 Å². The molecule has 1 rings (SSSR count). The lowest BCUT2D eigenvalue weighted by Gasteiger charge is -2.06. The molecule has 3 N–H and O–H groups in total. The van der Waals surface area contributed by atoms with Gasteiger partial charge in [-0.25, -0.2) is 4.79 Å². The van der Waals surface area contributed by atoms with Crippen molar-refractivity contribution < 1.29 is 9.90 Å². The van der Waals surface area contributed by atoms with E-state index in [4.69, 9.17) is 16.7 Å². The number of rotatable bonds is 4. The molecule has 1 aromatic rings. The summed E-state index contributed by atoms with van der Waals surface area (Å²) in [5.74, 6) is 0. The summed E-state index contributed by atoms with van der Waals surface area (Å²) < 4.78 is 0. The molecule has 82 valence electrons. The number of carbonyl (C=O) groups is 1. The lowest BCUT2D eigenvalue weighted by atomic mass is 10.2. The first-order valence-corrected chi connectivity index (χ1v) is 4.97. The normalized spacial score (nSPS) is 9.73. The molecule has 0 radical (unpaired) electrons. The number of hydrogen-bond acceptors (Lipinski definition) is 2. The fourth-order valence-corrected chi connectivity index (χ4v) is 1.27. The number of aliphatic hydroxyl groups excluding tert-OH is 1. The first kappa shape index (κ1) is 11.8. The smallest absolute Gasteiger partial charge is 0.315 e. The summed E-state index contributed by atoms with van der Waals surface area (Å²) >= 11 is 5.78. The van der Waals surface area contributed by atoms with Crippen LogP contribution in [-0.2, 0) is 6.54 Å². The van der Waals surface area contributed by atoms with Crippen molar-refractivity contribution in [1.29, 1.82) is 0 Å². The molecule has 0 aliphatic rings. The highest BCUT2D eigenvalue weighted by molar-refractivity contribution is 6.30. The van der Waals surface area contributed by atoms with Gasteiger partial charge in [0, 0.05) is 18.1 Å². The summed E-state index contributed by atoms with van der Waals surface area (Å²) in [5.41, 5.74) is 0.932. The lowest BCUT2D eigenvalue weighted by molar-refractivity contribution is 0.234. The third kappa shape index (κ3) is 4.67. The Bertz CT molecular complexity index is 331. The predicted octanol–water partition coefficient (Wildman–Crippen LogP) is 1.13. The van der Waals surface area contributed by atoms with E-state index in [-0.39, 0.29) is 19.2 Å². The summed E-state index contributed by atoms with van der Waals surface area (Å²) in [6.45, 7) is 0.601. The Morgan fingerprint density at radius 3 is 2.87 bits per heavy atom. The van der Waals surface area contributed by atoms with E-state index in [0.717, 1.165) is 5.56 Å². The maximum atomic E-state index is 11.1. The Balaban J connectivity index is 2.33. The van der Waals surface area contributed by atoms with Crippen LogP contribution >= 0.6 is 11.6 Å². The van der Waals surface area contributed by atoms with Gasteiger partial charge in [-0.3, -0.25) is 0 Å². The number of benzene rings is 1. The molecule has 0 saturated heterocycles. The predicted molar refractivity (Wildman–Crippen MR) is 58.8 cm³/mol. The highest BCUT2D eigenvalue weighted by Gasteiger charge is 1.99. The molecule has 0 atom stereocenters. The molecule has 0 fully saturated rings. The van der Waals surface area contributed by atoms with Crippen molar-refractivity contribution >= 4 is 17.6 Å². The van der Waals surface area contributed by atoms with Gasteiger partial charge < -0.3 is 15.7 Å². The number of hydrogen-bond donors (Lipinski definition) is 3. The topological polar surface area (TPSA) is 61.4 Å².